The Morgan fingerprint density at radius 1 is 1.17 bits per heavy atom. The first-order chi connectivity index (χ1) is 10.9. The van der Waals surface area contributed by atoms with Crippen molar-refractivity contribution >= 4 is 38.9 Å². The second-order valence-corrected chi connectivity index (χ2v) is 7.34. The zero-order valence-corrected chi connectivity index (χ0v) is 13.6. The lowest BCUT2D eigenvalue weighted by Gasteiger charge is -2.10. The van der Waals surface area contributed by atoms with Crippen molar-refractivity contribution in [2.75, 3.05) is 10.0 Å². The van der Waals surface area contributed by atoms with Gasteiger partial charge in [-0.25, -0.2) is 13.4 Å². The maximum atomic E-state index is 12.3. The highest BCUT2D eigenvalue weighted by atomic mass is 35.5. The number of amides is 1. The lowest BCUT2D eigenvalue weighted by molar-refractivity contribution is -0.117. The summed E-state index contributed by atoms with van der Waals surface area (Å²) in [5.74, 6) is 0.0439. The average Bonchev–Trinajstić information content (AvgIpc) is 3.32. The summed E-state index contributed by atoms with van der Waals surface area (Å²) in [7, 11) is -3.76. The largest absolute Gasteiger partial charge is 0.326 e. The quantitative estimate of drug-likeness (QED) is 0.811. The van der Waals surface area contributed by atoms with Gasteiger partial charge < -0.3 is 5.32 Å². The number of aromatic nitrogens is 1. The van der Waals surface area contributed by atoms with Gasteiger partial charge in [-0.1, -0.05) is 17.7 Å². The molecule has 2 N–H and O–H groups in total. The van der Waals surface area contributed by atoms with Crippen molar-refractivity contribution in [3.05, 3.63) is 47.7 Å². The van der Waals surface area contributed by atoms with E-state index >= 15 is 0 Å². The van der Waals surface area contributed by atoms with Gasteiger partial charge in [0.15, 0.2) is 0 Å². The standard InChI is InChI=1S/C15H14ClN3O3S/c16-14-7-6-13(9-17-14)23(21,22)19-12-3-1-2-11(8-12)18-15(20)10-4-5-10/h1-3,6-10,19H,4-5H2,(H,18,20). The molecule has 6 nitrogen and oxygen atoms in total. The summed E-state index contributed by atoms with van der Waals surface area (Å²) in [5, 5.41) is 2.99. The molecule has 0 radical (unpaired) electrons. The van der Waals surface area contributed by atoms with Crippen molar-refractivity contribution in [2.24, 2.45) is 5.92 Å². The van der Waals surface area contributed by atoms with E-state index in [-0.39, 0.29) is 21.9 Å². The molecule has 120 valence electrons. The van der Waals surface area contributed by atoms with Crippen molar-refractivity contribution in [2.45, 2.75) is 17.7 Å². The van der Waals surface area contributed by atoms with Crippen molar-refractivity contribution in [3.63, 3.8) is 0 Å². The monoisotopic (exact) mass is 351 g/mol. The fraction of sp³-hybridized carbons (Fsp3) is 0.200. The molecular formula is C15H14ClN3O3S. The maximum Gasteiger partial charge on any atom is 0.263 e. The van der Waals surface area contributed by atoms with Crippen LogP contribution in [0.5, 0.6) is 0 Å². The van der Waals surface area contributed by atoms with Gasteiger partial charge in [-0.2, -0.15) is 0 Å². The van der Waals surface area contributed by atoms with E-state index in [1.807, 2.05) is 0 Å². The second kappa shape index (κ2) is 6.17. The Labute approximate surface area is 138 Å². The summed E-state index contributed by atoms with van der Waals surface area (Å²) in [4.78, 5) is 15.5. The molecule has 1 aliphatic carbocycles. The minimum atomic E-state index is -3.76. The molecule has 0 unspecified atom stereocenters. The van der Waals surface area contributed by atoms with E-state index in [2.05, 4.69) is 15.0 Å². The van der Waals surface area contributed by atoms with E-state index < -0.39 is 10.0 Å². The molecule has 1 heterocycles. The van der Waals surface area contributed by atoms with E-state index in [4.69, 9.17) is 11.6 Å². The summed E-state index contributed by atoms with van der Waals surface area (Å²) in [6, 6.07) is 9.33. The Balaban J connectivity index is 1.76. The number of hydrogen-bond acceptors (Lipinski definition) is 4. The highest BCUT2D eigenvalue weighted by Gasteiger charge is 2.29. The van der Waals surface area contributed by atoms with Crippen LogP contribution >= 0.6 is 11.6 Å². The summed E-state index contributed by atoms with van der Waals surface area (Å²) in [6.45, 7) is 0. The Morgan fingerprint density at radius 2 is 1.91 bits per heavy atom. The van der Waals surface area contributed by atoms with Crippen LogP contribution in [0.4, 0.5) is 11.4 Å². The van der Waals surface area contributed by atoms with Crippen LogP contribution in [0.2, 0.25) is 5.15 Å². The van der Waals surface area contributed by atoms with Crippen LogP contribution in [0, 0.1) is 5.92 Å². The van der Waals surface area contributed by atoms with Gasteiger partial charge in [0.05, 0.1) is 5.69 Å². The fourth-order valence-electron chi connectivity index (χ4n) is 1.99. The lowest BCUT2D eigenvalue weighted by atomic mass is 10.2. The Kier molecular flexibility index (Phi) is 4.23. The number of carbonyl (C=O) groups excluding carboxylic acids is 1. The van der Waals surface area contributed by atoms with E-state index in [1.54, 1.807) is 24.3 Å². The molecule has 0 saturated heterocycles. The van der Waals surface area contributed by atoms with Gasteiger partial charge in [0.1, 0.15) is 10.0 Å². The molecule has 1 aliphatic rings. The minimum absolute atomic E-state index is 0.00863. The molecule has 3 rings (SSSR count). The number of nitrogens with one attached hydrogen (secondary N) is 2. The van der Waals surface area contributed by atoms with Gasteiger partial charge in [-0.15, -0.1) is 0 Å². The van der Waals surface area contributed by atoms with E-state index in [9.17, 15) is 13.2 Å². The minimum Gasteiger partial charge on any atom is -0.326 e. The van der Waals surface area contributed by atoms with Crippen molar-refractivity contribution in [1.82, 2.24) is 4.98 Å². The third-order valence-corrected chi connectivity index (χ3v) is 4.93. The van der Waals surface area contributed by atoms with Crippen LogP contribution in [-0.2, 0) is 14.8 Å². The lowest BCUT2D eigenvalue weighted by Crippen LogP contribution is -2.15. The fourth-order valence-corrected chi connectivity index (χ4v) is 3.09. The zero-order chi connectivity index (χ0) is 16.4. The van der Waals surface area contributed by atoms with Crippen LogP contribution in [0.3, 0.4) is 0 Å². The number of hydrogen-bond donors (Lipinski definition) is 2. The molecule has 0 bridgehead atoms. The summed E-state index contributed by atoms with van der Waals surface area (Å²) in [6.07, 6.45) is 2.99. The zero-order valence-electron chi connectivity index (χ0n) is 12.0. The molecule has 0 spiro atoms. The molecule has 8 heteroatoms. The Morgan fingerprint density at radius 3 is 2.57 bits per heavy atom. The predicted octanol–water partition coefficient (Wildman–Crippen LogP) is 2.88. The topological polar surface area (TPSA) is 88.2 Å². The highest BCUT2D eigenvalue weighted by molar-refractivity contribution is 7.92. The Hall–Kier alpha value is -2.12. The average molecular weight is 352 g/mol. The highest BCUT2D eigenvalue weighted by Crippen LogP contribution is 2.30. The van der Waals surface area contributed by atoms with Gasteiger partial charge in [0.2, 0.25) is 5.91 Å². The summed E-state index contributed by atoms with van der Waals surface area (Å²) < 4.78 is 27.0. The smallest absolute Gasteiger partial charge is 0.263 e. The summed E-state index contributed by atoms with van der Waals surface area (Å²) in [5.41, 5.74) is 0.907. The molecular weight excluding hydrogens is 338 g/mol. The first kappa shape index (κ1) is 15.8. The third-order valence-electron chi connectivity index (χ3n) is 3.34. The van der Waals surface area contributed by atoms with E-state index in [0.29, 0.717) is 11.4 Å². The van der Waals surface area contributed by atoms with Crippen molar-refractivity contribution in [3.8, 4) is 0 Å². The van der Waals surface area contributed by atoms with Crippen LogP contribution in [0.15, 0.2) is 47.5 Å². The van der Waals surface area contributed by atoms with Crippen LogP contribution in [0.25, 0.3) is 0 Å². The maximum absolute atomic E-state index is 12.3. The van der Waals surface area contributed by atoms with Gasteiger partial charge in [-0.05, 0) is 43.2 Å². The first-order valence-corrected chi connectivity index (χ1v) is 8.85. The van der Waals surface area contributed by atoms with Crippen molar-refractivity contribution < 1.29 is 13.2 Å². The molecule has 23 heavy (non-hydrogen) atoms. The van der Waals surface area contributed by atoms with Gasteiger partial charge in [-0.3, -0.25) is 9.52 Å². The predicted molar refractivity (Wildman–Crippen MR) is 87.9 cm³/mol. The normalized spacial score (nSPS) is 14.3. The molecule has 1 fully saturated rings. The summed E-state index contributed by atoms with van der Waals surface area (Å²) >= 11 is 5.66. The van der Waals surface area contributed by atoms with Crippen LogP contribution in [0.1, 0.15) is 12.8 Å². The molecule has 2 aromatic rings. The molecule has 1 amide bonds. The number of benzene rings is 1. The van der Waals surface area contributed by atoms with Crippen LogP contribution < -0.4 is 10.0 Å². The van der Waals surface area contributed by atoms with E-state index in [1.165, 1.54) is 18.3 Å². The number of sulfonamides is 1. The number of carbonyl (C=O) groups is 1. The second-order valence-electron chi connectivity index (χ2n) is 5.27. The van der Waals surface area contributed by atoms with Gasteiger partial charge >= 0.3 is 0 Å². The molecule has 0 atom stereocenters. The number of pyridine rings is 1. The number of halogens is 1. The molecule has 1 aromatic carbocycles. The SMILES string of the molecule is O=C(Nc1cccc(NS(=O)(=O)c2ccc(Cl)nc2)c1)C1CC1. The third kappa shape index (κ3) is 4.00. The molecule has 0 aliphatic heterocycles. The number of nitrogens with zero attached hydrogens (tertiary/aromatic N) is 1. The Bertz CT molecular complexity index is 833. The van der Waals surface area contributed by atoms with Gasteiger partial charge in [0, 0.05) is 17.8 Å². The van der Waals surface area contributed by atoms with E-state index in [0.717, 1.165) is 12.8 Å². The number of anilines is 2. The molecule has 1 aromatic heterocycles. The molecule has 1 saturated carbocycles. The van der Waals surface area contributed by atoms with Crippen LogP contribution in [-0.4, -0.2) is 19.3 Å². The first-order valence-electron chi connectivity index (χ1n) is 6.99. The van der Waals surface area contributed by atoms with Gasteiger partial charge in [0.25, 0.3) is 10.0 Å². The number of rotatable bonds is 5. The van der Waals surface area contributed by atoms with Crippen molar-refractivity contribution in [1.29, 1.82) is 0 Å².